The van der Waals surface area contributed by atoms with Crippen LogP contribution in [0.3, 0.4) is 0 Å². The summed E-state index contributed by atoms with van der Waals surface area (Å²) in [5.74, 6) is 1.13. The zero-order chi connectivity index (χ0) is 18.2. The fraction of sp³-hybridized carbons (Fsp3) is 1.00. The van der Waals surface area contributed by atoms with Crippen LogP contribution in [0, 0.1) is 11.8 Å². The highest BCUT2D eigenvalue weighted by molar-refractivity contribution is 4.95. The third-order valence-electron chi connectivity index (χ3n) is 6.68. The summed E-state index contributed by atoms with van der Waals surface area (Å²) in [5.41, 5.74) is -0.556. The molecule has 0 bridgehead atoms. The van der Waals surface area contributed by atoms with Crippen LogP contribution in [0.15, 0.2) is 0 Å². The number of ether oxygens (including phenoxy) is 1. The molecular weight excluding hydrogens is 320 g/mol. The Labute approximate surface area is 152 Å². The molecule has 0 unspecified atom stereocenters. The molecule has 4 N–H and O–H groups in total. The van der Waals surface area contributed by atoms with E-state index in [9.17, 15) is 20.4 Å². The van der Waals surface area contributed by atoms with E-state index in [0.717, 1.165) is 64.2 Å². The summed E-state index contributed by atoms with van der Waals surface area (Å²) in [6.07, 6.45) is 11.0. The normalized spacial score (nSPS) is 36.5. The van der Waals surface area contributed by atoms with Crippen molar-refractivity contribution in [2.45, 2.75) is 88.3 Å². The lowest BCUT2D eigenvalue weighted by Crippen LogP contribution is -2.49. The molecule has 0 amide bonds. The SMILES string of the molecule is OCCC1CCC(CCO)(OC2(CCO)CCC(CCO)CC2)CC1. The molecule has 2 saturated carbocycles. The zero-order valence-electron chi connectivity index (χ0n) is 15.7. The maximum atomic E-state index is 9.61. The molecule has 0 aromatic rings. The Morgan fingerprint density at radius 2 is 0.960 bits per heavy atom. The van der Waals surface area contributed by atoms with Crippen LogP contribution in [0.5, 0.6) is 0 Å². The van der Waals surface area contributed by atoms with Crippen molar-refractivity contribution < 1.29 is 25.2 Å². The number of aliphatic hydroxyl groups is 4. The summed E-state index contributed by atoms with van der Waals surface area (Å²) in [4.78, 5) is 0. The van der Waals surface area contributed by atoms with Gasteiger partial charge < -0.3 is 25.2 Å². The molecule has 25 heavy (non-hydrogen) atoms. The molecule has 148 valence electrons. The van der Waals surface area contributed by atoms with Gasteiger partial charge in [-0.2, -0.15) is 0 Å². The summed E-state index contributed by atoms with van der Waals surface area (Å²) < 4.78 is 6.80. The van der Waals surface area contributed by atoms with Crippen molar-refractivity contribution in [3.05, 3.63) is 0 Å². The standard InChI is InChI=1S/C20H38O5/c21-13-5-17-1-7-19(8-2-17,11-15-23)25-20(12-16-24)9-3-18(4-10-20)6-14-22/h17-18,21-24H,1-16H2. The first-order chi connectivity index (χ1) is 12.1. The molecular formula is C20H38O5. The molecule has 0 spiro atoms. The number of hydrogen-bond acceptors (Lipinski definition) is 5. The predicted molar refractivity (Wildman–Crippen MR) is 97.3 cm³/mol. The number of aliphatic hydroxyl groups excluding tert-OH is 4. The van der Waals surface area contributed by atoms with Gasteiger partial charge in [0.2, 0.25) is 0 Å². The van der Waals surface area contributed by atoms with Crippen molar-refractivity contribution in [2.24, 2.45) is 11.8 Å². The highest BCUT2D eigenvalue weighted by Gasteiger charge is 2.45. The highest BCUT2D eigenvalue weighted by atomic mass is 16.5. The van der Waals surface area contributed by atoms with Crippen molar-refractivity contribution >= 4 is 0 Å². The molecule has 0 radical (unpaired) electrons. The maximum Gasteiger partial charge on any atom is 0.0712 e. The summed E-state index contributed by atoms with van der Waals surface area (Å²) in [6.45, 7) is 0.762. The van der Waals surface area contributed by atoms with E-state index in [2.05, 4.69) is 0 Å². The van der Waals surface area contributed by atoms with Gasteiger partial charge in [0.1, 0.15) is 0 Å². The van der Waals surface area contributed by atoms with E-state index >= 15 is 0 Å². The molecule has 2 fully saturated rings. The van der Waals surface area contributed by atoms with Crippen LogP contribution in [0.2, 0.25) is 0 Å². The molecule has 5 heteroatoms. The summed E-state index contributed by atoms with van der Waals surface area (Å²) in [6, 6.07) is 0. The lowest BCUT2D eigenvalue weighted by molar-refractivity contribution is -0.203. The van der Waals surface area contributed by atoms with Gasteiger partial charge in [-0.05, 0) is 88.9 Å². The van der Waals surface area contributed by atoms with Crippen molar-refractivity contribution in [1.29, 1.82) is 0 Å². The van der Waals surface area contributed by atoms with Gasteiger partial charge in [-0.3, -0.25) is 0 Å². The van der Waals surface area contributed by atoms with E-state index in [-0.39, 0.29) is 37.6 Å². The lowest BCUT2D eigenvalue weighted by Gasteiger charge is -2.49. The van der Waals surface area contributed by atoms with Crippen molar-refractivity contribution in [2.75, 3.05) is 26.4 Å². The van der Waals surface area contributed by atoms with E-state index in [1.54, 1.807) is 0 Å². The van der Waals surface area contributed by atoms with Crippen LogP contribution in [0.4, 0.5) is 0 Å². The Morgan fingerprint density at radius 1 is 0.600 bits per heavy atom. The van der Waals surface area contributed by atoms with E-state index < -0.39 is 0 Å². The molecule has 2 aliphatic carbocycles. The fourth-order valence-electron chi connectivity index (χ4n) is 5.02. The van der Waals surface area contributed by atoms with E-state index in [4.69, 9.17) is 4.74 Å². The van der Waals surface area contributed by atoms with Gasteiger partial charge in [0, 0.05) is 26.4 Å². The van der Waals surface area contributed by atoms with Gasteiger partial charge in [0.05, 0.1) is 11.2 Å². The lowest BCUT2D eigenvalue weighted by atomic mass is 9.72. The van der Waals surface area contributed by atoms with E-state index in [0.29, 0.717) is 24.7 Å². The second-order valence-corrected chi connectivity index (χ2v) is 8.33. The molecule has 0 aromatic heterocycles. The Morgan fingerprint density at radius 3 is 1.24 bits per heavy atom. The zero-order valence-corrected chi connectivity index (χ0v) is 15.7. The maximum absolute atomic E-state index is 9.61. The average Bonchev–Trinajstić information content (AvgIpc) is 2.60. The monoisotopic (exact) mass is 358 g/mol. The van der Waals surface area contributed by atoms with Crippen LogP contribution in [-0.2, 0) is 4.74 Å². The van der Waals surface area contributed by atoms with Crippen molar-refractivity contribution in [3.8, 4) is 0 Å². The third-order valence-corrected chi connectivity index (χ3v) is 6.68. The first-order valence-electron chi connectivity index (χ1n) is 10.2. The number of hydrogen-bond donors (Lipinski definition) is 4. The Kier molecular flexibility index (Phi) is 8.62. The van der Waals surface area contributed by atoms with Gasteiger partial charge in [-0.25, -0.2) is 0 Å². The minimum atomic E-state index is -0.278. The molecule has 2 rings (SSSR count). The van der Waals surface area contributed by atoms with Crippen molar-refractivity contribution in [3.63, 3.8) is 0 Å². The Balaban J connectivity index is 2.02. The second kappa shape index (κ2) is 10.2. The molecule has 5 nitrogen and oxygen atoms in total. The Hall–Kier alpha value is -0.200. The molecule has 0 heterocycles. The van der Waals surface area contributed by atoms with Gasteiger partial charge >= 0.3 is 0 Å². The average molecular weight is 359 g/mol. The third kappa shape index (κ3) is 5.90. The Bertz CT molecular complexity index is 323. The minimum absolute atomic E-state index is 0.132. The first-order valence-corrected chi connectivity index (χ1v) is 10.2. The van der Waals surface area contributed by atoms with Crippen molar-refractivity contribution in [1.82, 2.24) is 0 Å². The quantitative estimate of drug-likeness (QED) is 0.481. The minimum Gasteiger partial charge on any atom is -0.396 e. The van der Waals surface area contributed by atoms with Gasteiger partial charge in [-0.1, -0.05) is 0 Å². The molecule has 0 aromatic carbocycles. The van der Waals surface area contributed by atoms with Crippen LogP contribution >= 0.6 is 0 Å². The topological polar surface area (TPSA) is 90.2 Å². The molecule has 0 saturated heterocycles. The van der Waals surface area contributed by atoms with E-state index in [1.165, 1.54) is 0 Å². The number of rotatable bonds is 10. The summed E-state index contributed by atoms with van der Waals surface area (Å²) >= 11 is 0. The predicted octanol–water partition coefficient (Wildman–Crippen LogP) is 2.39. The smallest absolute Gasteiger partial charge is 0.0712 e. The summed E-state index contributed by atoms with van der Waals surface area (Å²) in [5, 5.41) is 37.6. The highest BCUT2D eigenvalue weighted by Crippen LogP contribution is 2.46. The van der Waals surface area contributed by atoms with Gasteiger partial charge in [0.15, 0.2) is 0 Å². The van der Waals surface area contributed by atoms with Gasteiger partial charge in [-0.15, -0.1) is 0 Å². The first kappa shape index (κ1) is 21.1. The molecule has 0 aliphatic heterocycles. The van der Waals surface area contributed by atoms with E-state index in [1.807, 2.05) is 0 Å². The fourth-order valence-corrected chi connectivity index (χ4v) is 5.02. The van der Waals surface area contributed by atoms with Crippen LogP contribution < -0.4 is 0 Å². The molecule has 2 aliphatic rings. The van der Waals surface area contributed by atoms with Crippen LogP contribution in [0.25, 0.3) is 0 Å². The summed E-state index contributed by atoms with van der Waals surface area (Å²) in [7, 11) is 0. The van der Waals surface area contributed by atoms with Crippen LogP contribution in [0.1, 0.15) is 77.0 Å². The van der Waals surface area contributed by atoms with Gasteiger partial charge in [0.25, 0.3) is 0 Å². The largest absolute Gasteiger partial charge is 0.396 e. The van der Waals surface area contributed by atoms with Crippen LogP contribution in [-0.4, -0.2) is 58.1 Å². The molecule has 0 atom stereocenters. The second-order valence-electron chi connectivity index (χ2n) is 8.33.